The second kappa shape index (κ2) is 11.8. The second-order valence-corrected chi connectivity index (χ2v) is 4.90. The van der Waals surface area contributed by atoms with E-state index in [1.54, 1.807) is 30.7 Å². The van der Waals surface area contributed by atoms with Crippen molar-refractivity contribution >= 4 is 12.1 Å². The number of nitrogens with one attached hydrogen (secondary N) is 1. The van der Waals surface area contributed by atoms with E-state index in [-0.39, 0.29) is 5.91 Å². The Morgan fingerprint density at radius 3 is 2.52 bits per heavy atom. The highest BCUT2D eigenvalue weighted by molar-refractivity contribution is 5.94. The van der Waals surface area contributed by atoms with E-state index in [1.165, 1.54) is 32.1 Å². The molecule has 114 valence electrons. The number of pyridine rings is 1. The van der Waals surface area contributed by atoms with Crippen molar-refractivity contribution in [2.75, 3.05) is 0 Å². The monoisotopic (exact) mass is 287 g/mol. The van der Waals surface area contributed by atoms with Crippen LogP contribution in [0, 0.1) is 0 Å². The van der Waals surface area contributed by atoms with Gasteiger partial charge in [-0.15, -0.1) is 0 Å². The van der Waals surface area contributed by atoms with Crippen molar-refractivity contribution in [2.24, 2.45) is 5.10 Å². The number of rotatable bonds is 10. The average Bonchev–Trinajstić information content (AvgIpc) is 2.53. The van der Waals surface area contributed by atoms with Crippen LogP contribution in [0.15, 0.2) is 41.8 Å². The quantitative estimate of drug-likeness (QED) is 0.305. The maximum atomic E-state index is 11.6. The van der Waals surface area contributed by atoms with Gasteiger partial charge in [0, 0.05) is 24.2 Å². The smallest absolute Gasteiger partial charge is 0.267 e. The van der Waals surface area contributed by atoms with Crippen molar-refractivity contribution in [3.63, 3.8) is 0 Å². The topological polar surface area (TPSA) is 54.4 Å². The Morgan fingerprint density at radius 1 is 1.14 bits per heavy atom. The Labute approximate surface area is 127 Å². The fourth-order valence-corrected chi connectivity index (χ4v) is 1.93. The summed E-state index contributed by atoms with van der Waals surface area (Å²) < 4.78 is 0. The van der Waals surface area contributed by atoms with Crippen LogP contribution in [-0.4, -0.2) is 17.1 Å². The van der Waals surface area contributed by atoms with E-state index in [0.717, 1.165) is 12.8 Å². The van der Waals surface area contributed by atoms with Gasteiger partial charge in [0.05, 0.1) is 0 Å². The minimum absolute atomic E-state index is 0.197. The van der Waals surface area contributed by atoms with Crippen LogP contribution < -0.4 is 5.43 Å². The van der Waals surface area contributed by atoms with Gasteiger partial charge in [-0.2, -0.15) is 5.10 Å². The van der Waals surface area contributed by atoms with Crippen molar-refractivity contribution in [2.45, 2.75) is 51.9 Å². The second-order valence-electron chi connectivity index (χ2n) is 4.90. The Balaban J connectivity index is 1.99. The minimum Gasteiger partial charge on any atom is -0.267 e. The molecule has 4 nitrogen and oxygen atoms in total. The molecule has 4 heteroatoms. The van der Waals surface area contributed by atoms with Crippen LogP contribution in [0.2, 0.25) is 0 Å². The molecule has 1 rings (SSSR count). The lowest BCUT2D eigenvalue weighted by Gasteiger charge is -1.99. The largest absolute Gasteiger partial charge is 0.271 e. The van der Waals surface area contributed by atoms with Crippen LogP contribution in [0.25, 0.3) is 0 Å². The number of carbonyl (C=O) groups excluding carboxylic acids is 1. The Morgan fingerprint density at radius 2 is 1.81 bits per heavy atom. The Bertz CT molecular complexity index is 441. The van der Waals surface area contributed by atoms with Crippen molar-refractivity contribution in [1.82, 2.24) is 10.4 Å². The lowest BCUT2D eigenvalue weighted by molar-refractivity contribution is 0.0955. The standard InChI is InChI=1S/C17H25N3O/c1-2-3-4-5-6-7-8-9-10-13-19-20-17(21)16-11-14-18-15-12-16/h2-3,11-15H,4-10H2,1H3,(H,20,21)/b3-2+,19-13+. The van der Waals surface area contributed by atoms with Crippen LogP contribution >= 0.6 is 0 Å². The van der Waals surface area contributed by atoms with Crippen molar-refractivity contribution < 1.29 is 4.79 Å². The first kappa shape index (κ1) is 17.1. The molecule has 0 bridgehead atoms. The lowest BCUT2D eigenvalue weighted by atomic mass is 10.1. The molecule has 1 heterocycles. The van der Waals surface area contributed by atoms with Gasteiger partial charge in [0.2, 0.25) is 0 Å². The molecule has 0 fully saturated rings. The summed E-state index contributed by atoms with van der Waals surface area (Å²) in [6, 6.07) is 3.33. The molecule has 0 unspecified atom stereocenters. The van der Waals surface area contributed by atoms with E-state index in [2.05, 4.69) is 34.6 Å². The van der Waals surface area contributed by atoms with E-state index in [0.29, 0.717) is 5.56 Å². The number of allylic oxidation sites excluding steroid dienone is 2. The first-order valence-corrected chi connectivity index (χ1v) is 7.67. The molecule has 1 N–H and O–H groups in total. The zero-order valence-corrected chi connectivity index (χ0v) is 12.8. The third kappa shape index (κ3) is 8.74. The van der Waals surface area contributed by atoms with Gasteiger partial charge in [0.25, 0.3) is 5.91 Å². The highest BCUT2D eigenvalue weighted by atomic mass is 16.2. The van der Waals surface area contributed by atoms with Gasteiger partial charge in [0.15, 0.2) is 0 Å². The molecular formula is C17H25N3O. The fourth-order valence-electron chi connectivity index (χ4n) is 1.93. The third-order valence-corrected chi connectivity index (χ3v) is 3.14. The summed E-state index contributed by atoms with van der Waals surface area (Å²) in [6.45, 7) is 2.06. The molecular weight excluding hydrogens is 262 g/mol. The maximum absolute atomic E-state index is 11.6. The predicted molar refractivity (Wildman–Crippen MR) is 87.3 cm³/mol. The number of hydrazone groups is 1. The molecule has 0 saturated carbocycles. The maximum Gasteiger partial charge on any atom is 0.271 e. The third-order valence-electron chi connectivity index (χ3n) is 3.14. The van der Waals surface area contributed by atoms with Crippen molar-refractivity contribution in [1.29, 1.82) is 0 Å². The highest BCUT2D eigenvalue weighted by Crippen LogP contribution is 2.06. The molecule has 0 spiro atoms. The molecule has 21 heavy (non-hydrogen) atoms. The molecule has 0 aliphatic heterocycles. The molecule has 0 aliphatic carbocycles. The van der Waals surface area contributed by atoms with Crippen LogP contribution in [0.1, 0.15) is 62.2 Å². The fraction of sp³-hybridized carbons (Fsp3) is 0.471. The molecule has 0 aromatic carbocycles. The van der Waals surface area contributed by atoms with Gasteiger partial charge >= 0.3 is 0 Å². The zero-order chi connectivity index (χ0) is 15.2. The van der Waals surface area contributed by atoms with E-state index in [9.17, 15) is 4.79 Å². The summed E-state index contributed by atoms with van der Waals surface area (Å²) in [5.41, 5.74) is 3.09. The zero-order valence-electron chi connectivity index (χ0n) is 12.8. The van der Waals surface area contributed by atoms with Crippen molar-refractivity contribution in [3.8, 4) is 0 Å². The summed E-state index contributed by atoms with van der Waals surface area (Å²) in [5.74, 6) is -0.197. The van der Waals surface area contributed by atoms with Gasteiger partial charge in [-0.1, -0.05) is 31.4 Å². The van der Waals surface area contributed by atoms with Gasteiger partial charge in [0.1, 0.15) is 0 Å². The van der Waals surface area contributed by atoms with Gasteiger partial charge < -0.3 is 0 Å². The Hall–Kier alpha value is -1.97. The molecule has 1 aromatic heterocycles. The van der Waals surface area contributed by atoms with Crippen LogP contribution in [0.5, 0.6) is 0 Å². The number of amides is 1. The summed E-state index contributed by atoms with van der Waals surface area (Å²) >= 11 is 0. The van der Waals surface area contributed by atoms with E-state index >= 15 is 0 Å². The van der Waals surface area contributed by atoms with Gasteiger partial charge in [-0.25, -0.2) is 5.43 Å². The predicted octanol–water partition coefficient (Wildman–Crippen LogP) is 4.10. The number of hydrogen-bond donors (Lipinski definition) is 1. The molecule has 0 atom stereocenters. The normalized spacial score (nSPS) is 11.3. The number of carbonyl (C=O) groups is 1. The van der Waals surface area contributed by atoms with Gasteiger partial charge in [-0.3, -0.25) is 9.78 Å². The molecule has 0 aliphatic rings. The molecule has 0 saturated heterocycles. The number of aromatic nitrogens is 1. The first-order chi connectivity index (χ1) is 10.3. The first-order valence-electron chi connectivity index (χ1n) is 7.67. The summed E-state index contributed by atoms with van der Waals surface area (Å²) in [6.07, 6.45) is 17.6. The van der Waals surface area contributed by atoms with Crippen molar-refractivity contribution in [3.05, 3.63) is 42.2 Å². The SMILES string of the molecule is C/C=C/CCCCCCC/C=N/NC(=O)c1ccncc1. The Kier molecular flexibility index (Phi) is 9.62. The molecule has 1 amide bonds. The average molecular weight is 287 g/mol. The van der Waals surface area contributed by atoms with Crippen LogP contribution in [0.3, 0.4) is 0 Å². The number of hydrogen-bond acceptors (Lipinski definition) is 3. The summed E-state index contributed by atoms with van der Waals surface area (Å²) in [7, 11) is 0. The van der Waals surface area contributed by atoms with E-state index in [1.807, 2.05) is 0 Å². The van der Waals surface area contributed by atoms with E-state index in [4.69, 9.17) is 0 Å². The van der Waals surface area contributed by atoms with Gasteiger partial charge in [-0.05, 0) is 44.7 Å². The minimum atomic E-state index is -0.197. The molecule has 1 aromatic rings. The summed E-state index contributed by atoms with van der Waals surface area (Å²) in [4.78, 5) is 15.5. The highest BCUT2D eigenvalue weighted by Gasteiger charge is 2.01. The number of unbranched alkanes of at least 4 members (excludes halogenated alkanes) is 6. The van der Waals surface area contributed by atoms with Crippen LogP contribution in [-0.2, 0) is 0 Å². The molecule has 0 radical (unpaired) electrons. The summed E-state index contributed by atoms with van der Waals surface area (Å²) in [5, 5.41) is 3.95. The lowest BCUT2D eigenvalue weighted by Crippen LogP contribution is -2.17. The van der Waals surface area contributed by atoms with Crippen LogP contribution in [0.4, 0.5) is 0 Å². The number of nitrogens with zero attached hydrogens (tertiary/aromatic N) is 2. The van der Waals surface area contributed by atoms with E-state index < -0.39 is 0 Å².